The fourth-order valence-corrected chi connectivity index (χ4v) is 2.14. The average Bonchev–Trinajstić information content (AvgIpc) is 2.53. The molecule has 0 spiro atoms. The summed E-state index contributed by atoms with van der Waals surface area (Å²) < 4.78 is 0. The van der Waals surface area contributed by atoms with E-state index in [4.69, 9.17) is 5.11 Å². The number of carbonyl (C=O) groups is 2. The van der Waals surface area contributed by atoms with Crippen molar-refractivity contribution in [3.05, 3.63) is 71.3 Å². The van der Waals surface area contributed by atoms with Gasteiger partial charge in [-0.25, -0.2) is 4.79 Å². The maximum atomic E-state index is 12.3. The number of carboxylic acids is 1. The molecule has 2 N–H and O–H groups in total. The van der Waals surface area contributed by atoms with Gasteiger partial charge in [0.1, 0.15) is 0 Å². The highest BCUT2D eigenvalue weighted by Gasteiger charge is 2.15. The summed E-state index contributed by atoms with van der Waals surface area (Å²) in [6.45, 7) is 1.99. The predicted molar refractivity (Wildman–Crippen MR) is 80.3 cm³/mol. The lowest BCUT2D eigenvalue weighted by atomic mass is 10.0. The first-order valence-corrected chi connectivity index (χ1v) is 6.81. The van der Waals surface area contributed by atoms with Gasteiger partial charge >= 0.3 is 5.97 Å². The molecule has 0 saturated carbocycles. The molecule has 2 aromatic rings. The van der Waals surface area contributed by atoms with E-state index in [2.05, 4.69) is 5.32 Å². The third-order valence-corrected chi connectivity index (χ3v) is 3.29. The van der Waals surface area contributed by atoms with Gasteiger partial charge in [-0.2, -0.15) is 0 Å². The zero-order chi connectivity index (χ0) is 15.2. The van der Waals surface area contributed by atoms with Gasteiger partial charge in [-0.3, -0.25) is 4.79 Å². The van der Waals surface area contributed by atoms with E-state index in [1.807, 2.05) is 37.3 Å². The summed E-state index contributed by atoms with van der Waals surface area (Å²) in [7, 11) is 0. The molecule has 0 fully saturated rings. The Balaban J connectivity index is 2.17. The monoisotopic (exact) mass is 283 g/mol. The minimum Gasteiger partial charge on any atom is -0.478 e. The van der Waals surface area contributed by atoms with Crippen LogP contribution >= 0.6 is 0 Å². The molecule has 0 aliphatic rings. The molecule has 1 amide bonds. The van der Waals surface area contributed by atoms with Crippen LogP contribution in [-0.2, 0) is 0 Å². The van der Waals surface area contributed by atoms with Crippen LogP contribution in [0.3, 0.4) is 0 Å². The Morgan fingerprint density at radius 1 is 1.05 bits per heavy atom. The van der Waals surface area contributed by atoms with Crippen LogP contribution < -0.4 is 5.32 Å². The van der Waals surface area contributed by atoms with Gasteiger partial charge in [-0.1, -0.05) is 43.3 Å². The summed E-state index contributed by atoms with van der Waals surface area (Å²) in [6, 6.07) is 15.6. The third-order valence-electron chi connectivity index (χ3n) is 3.29. The van der Waals surface area contributed by atoms with Gasteiger partial charge in [0, 0.05) is 5.56 Å². The van der Waals surface area contributed by atoms with Crippen LogP contribution in [0.1, 0.15) is 45.7 Å². The Kier molecular flexibility index (Phi) is 4.72. The molecule has 0 aliphatic heterocycles. The normalized spacial score (nSPS) is 11.7. The lowest BCUT2D eigenvalue weighted by Crippen LogP contribution is -2.28. The summed E-state index contributed by atoms with van der Waals surface area (Å²) in [5, 5.41) is 11.9. The van der Waals surface area contributed by atoms with Crippen LogP contribution in [-0.4, -0.2) is 17.0 Å². The van der Waals surface area contributed by atoms with Crippen molar-refractivity contribution < 1.29 is 14.7 Å². The van der Waals surface area contributed by atoms with Crippen molar-refractivity contribution in [3.8, 4) is 0 Å². The Morgan fingerprint density at radius 2 is 1.71 bits per heavy atom. The van der Waals surface area contributed by atoms with Crippen LogP contribution in [0.25, 0.3) is 0 Å². The number of carboxylic acid groups (broad SMARTS) is 1. The van der Waals surface area contributed by atoms with Gasteiger partial charge in [0.25, 0.3) is 5.91 Å². The maximum Gasteiger partial charge on any atom is 0.335 e. The minimum atomic E-state index is -1.04. The number of carbonyl (C=O) groups excluding carboxylic acids is 1. The quantitative estimate of drug-likeness (QED) is 0.885. The molecule has 0 bridgehead atoms. The van der Waals surface area contributed by atoms with Crippen LogP contribution in [0.15, 0.2) is 54.6 Å². The Bertz CT molecular complexity index is 637. The standard InChI is InChI=1S/C17H17NO3/c1-2-15(12-7-4-3-5-8-12)18-16(19)13-9-6-10-14(11-13)17(20)21/h3-11,15H,2H2,1H3,(H,18,19)(H,20,21). The number of rotatable bonds is 5. The molecule has 2 aromatic carbocycles. The number of nitrogens with one attached hydrogen (secondary N) is 1. The largest absolute Gasteiger partial charge is 0.478 e. The van der Waals surface area contributed by atoms with Crippen molar-refractivity contribution in [2.45, 2.75) is 19.4 Å². The topological polar surface area (TPSA) is 66.4 Å². The van der Waals surface area contributed by atoms with Crippen molar-refractivity contribution in [2.24, 2.45) is 0 Å². The van der Waals surface area contributed by atoms with Crippen LogP contribution in [0.5, 0.6) is 0 Å². The lowest BCUT2D eigenvalue weighted by Gasteiger charge is -2.17. The molecule has 21 heavy (non-hydrogen) atoms. The molecule has 108 valence electrons. The fraction of sp³-hybridized carbons (Fsp3) is 0.176. The van der Waals surface area contributed by atoms with E-state index in [-0.39, 0.29) is 17.5 Å². The van der Waals surface area contributed by atoms with Gasteiger partial charge in [0.15, 0.2) is 0 Å². The summed E-state index contributed by atoms with van der Waals surface area (Å²) in [5.74, 6) is -1.31. The highest BCUT2D eigenvalue weighted by Crippen LogP contribution is 2.17. The van der Waals surface area contributed by atoms with E-state index in [1.54, 1.807) is 12.1 Å². The number of hydrogen-bond donors (Lipinski definition) is 2. The summed E-state index contributed by atoms with van der Waals surface area (Å²) in [4.78, 5) is 23.2. The van der Waals surface area contributed by atoms with Gasteiger partial charge in [-0.15, -0.1) is 0 Å². The van der Waals surface area contributed by atoms with Crippen molar-refractivity contribution in [1.29, 1.82) is 0 Å². The van der Waals surface area contributed by atoms with Crippen molar-refractivity contribution >= 4 is 11.9 Å². The molecule has 4 nitrogen and oxygen atoms in total. The van der Waals surface area contributed by atoms with Crippen molar-refractivity contribution in [2.75, 3.05) is 0 Å². The molecule has 0 aromatic heterocycles. The second-order valence-corrected chi connectivity index (χ2v) is 4.73. The van der Waals surface area contributed by atoms with E-state index in [1.165, 1.54) is 12.1 Å². The van der Waals surface area contributed by atoms with Gasteiger partial charge in [0.2, 0.25) is 0 Å². The van der Waals surface area contributed by atoms with Crippen LogP contribution in [0, 0.1) is 0 Å². The third kappa shape index (κ3) is 3.69. The molecule has 1 atom stereocenters. The fourth-order valence-electron chi connectivity index (χ4n) is 2.14. The first-order valence-electron chi connectivity index (χ1n) is 6.81. The highest BCUT2D eigenvalue weighted by molar-refractivity contribution is 5.97. The smallest absolute Gasteiger partial charge is 0.335 e. The number of hydrogen-bond acceptors (Lipinski definition) is 2. The number of amides is 1. The summed E-state index contributed by atoms with van der Waals surface area (Å²) in [6.07, 6.45) is 0.758. The van der Waals surface area contributed by atoms with Gasteiger partial charge in [0.05, 0.1) is 11.6 Å². The molecule has 0 aliphatic carbocycles. The number of aromatic carboxylic acids is 1. The van der Waals surface area contributed by atoms with E-state index < -0.39 is 5.97 Å². The average molecular weight is 283 g/mol. The Morgan fingerprint density at radius 3 is 2.33 bits per heavy atom. The molecule has 4 heteroatoms. The zero-order valence-corrected chi connectivity index (χ0v) is 11.7. The Hall–Kier alpha value is -2.62. The SMILES string of the molecule is CCC(NC(=O)c1cccc(C(=O)O)c1)c1ccccc1. The van der Waals surface area contributed by atoms with E-state index in [0.717, 1.165) is 12.0 Å². The number of benzene rings is 2. The molecule has 1 unspecified atom stereocenters. The van der Waals surface area contributed by atoms with Crippen molar-refractivity contribution in [1.82, 2.24) is 5.32 Å². The van der Waals surface area contributed by atoms with Gasteiger partial charge < -0.3 is 10.4 Å². The highest BCUT2D eigenvalue weighted by atomic mass is 16.4. The Labute approximate surface area is 123 Å². The maximum absolute atomic E-state index is 12.3. The van der Waals surface area contributed by atoms with Crippen molar-refractivity contribution in [3.63, 3.8) is 0 Å². The molecule has 0 radical (unpaired) electrons. The second kappa shape index (κ2) is 6.70. The minimum absolute atomic E-state index is 0.0906. The second-order valence-electron chi connectivity index (χ2n) is 4.73. The molecule has 0 heterocycles. The first-order chi connectivity index (χ1) is 10.1. The zero-order valence-electron chi connectivity index (χ0n) is 11.7. The van der Waals surface area contributed by atoms with E-state index in [0.29, 0.717) is 5.56 Å². The lowest BCUT2D eigenvalue weighted by molar-refractivity contribution is 0.0697. The molecule has 2 rings (SSSR count). The van der Waals surface area contributed by atoms with Crippen LogP contribution in [0.2, 0.25) is 0 Å². The summed E-state index contributed by atoms with van der Waals surface area (Å²) >= 11 is 0. The molecular formula is C17H17NO3. The first kappa shape index (κ1) is 14.8. The van der Waals surface area contributed by atoms with E-state index >= 15 is 0 Å². The van der Waals surface area contributed by atoms with E-state index in [9.17, 15) is 9.59 Å². The molecular weight excluding hydrogens is 266 g/mol. The summed E-state index contributed by atoms with van der Waals surface area (Å²) in [5.41, 5.74) is 1.49. The predicted octanol–water partition coefficient (Wildman–Crippen LogP) is 3.27. The van der Waals surface area contributed by atoms with Crippen LogP contribution in [0.4, 0.5) is 0 Å². The van der Waals surface area contributed by atoms with Gasteiger partial charge in [-0.05, 0) is 30.2 Å². The molecule has 0 saturated heterocycles.